The summed E-state index contributed by atoms with van der Waals surface area (Å²) in [5.74, 6) is -0.291. The molecule has 5 heteroatoms. The lowest BCUT2D eigenvalue weighted by Gasteiger charge is -2.41. The van der Waals surface area contributed by atoms with E-state index in [2.05, 4.69) is 11.1 Å². The van der Waals surface area contributed by atoms with Gasteiger partial charge in [-0.3, -0.25) is 9.59 Å². The summed E-state index contributed by atoms with van der Waals surface area (Å²) in [6.45, 7) is 1.60. The normalized spacial score (nSPS) is 22.1. The van der Waals surface area contributed by atoms with Gasteiger partial charge in [-0.15, -0.1) is 0 Å². The fourth-order valence-corrected chi connectivity index (χ4v) is 5.16. The van der Waals surface area contributed by atoms with Gasteiger partial charge < -0.3 is 14.8 Å². The van der Waals surface area contributed by atoms with Gasteiger partial charge >= 0.3 is 0 Å². The highest BCUT2D eigenvalue weighted by Gasteiger charge is 2.44. The SMILES string of the molecule is CN1C(=O)c2ccccc2[C@H](C(=O)N2CCCCCC2)[C@H]1c1c[nH]c2ccccc12. The molecule has 2 amide bonds. The van der Waals surface area contributed by atoms with Crippen LogP contribution in [0.2, 0.25) is 0 Å². The number of aromatic nitrogens is 1. The molecule has 2 aliphatic heterocycles. The van der Waals surface area contributed by atoms with Crippen LogP contribution in [0, 0.1) is 0 Å². The van der Waals surface area contributed by atoms with E-state index in [1.165, 1.54) is 12.8 Å². The maximum atomic E-state index is 13.9. The molecule has 1 fully saturated rings. The van der Waals surface area contributed by atoms with Gasteiger partial charge in [0.25, 0.3) is 5.91 Å². The number of hydrogen-bond donors (Lipinski definition) is 1. The molecular weight excluding hydrogens is 374 g/mol. The Labute approximate surface area is 176 Å². The third kappa shape index (κ3) is 3.00. The van der Waals surface area contributed by atoms with Gasteiger partial charge in [0.2, 0.25) is 5.91 Å². The number of carbonyl (C=O) groups is 2. The number of nitrogens with zero attached hydrogens (tertiary/aromatic N) is 2. The molecule has 2 atom stereocenters. The topological polar surface area (TPSA) is 56.4 Å². The first-order chi connectivity index (χ1) is 14.7. The van der Waals surface area contributed by atoms with Gasteiger partial charge in [0.15, 0.2) is 0 Å². The zero-order valence-electron chi connectivity index (χ0n) is 17.3. The average molecular weight is 402 g/mol. The van der Waals surface area contributed by atoms with Gasteiger partial charge in [-0.25, -0.2) is 0 Å². The number of benzene rings is 2. The number of hydrogen-bond acceptors (Lipinski definition) is 2. The molecule has 2 aliphatic rings. The van der Waals surface area contributed by atoms with Crippen molar-refractivity contribution in [2.24, 2.45) is 0 Å². The molecule has 3 aromatic rings. The van der Waals surface area contributed by atoms with Gasteiger partial charge in [0.05, 0.1) is 12.0 Å². The summed E-state index contributed by atoms with van der Waals surface area (Å²) in [4.78, 5) is 34.3. The maximum absolute atomic E-state index is 13.9. The van der Waals surface area contributed by atoms with Crippen LogP contribution in [0.5, 0.6) is 0 Å². The van der Waals surface area contributed by atoms with Crippen molar-refractivity contribution in [2.45, 2.75) is 37.6 Å². The number of carbonyl (C=O) groups excluding carboxylic acids is 2. The number of rotatable bonds is 2. The van der Waals surface area contributed by atoms with E-state index < -0.39 is 5.92 Å². The number of aromatic amines is 1. The summed E-state index contributed by atoms with van der Waals surface area (Å²) in [6, 6.07) is 15.4. The van der Waals surface area contributed by atoms with Gasteiger partial charge in [-0.05, 0) is 30.5 Å². The van der Waals surface area contributed by atoms with E-state index >= 15 is 0 Å². The largest absolute Gasteiger partial charge is 0.361 e. The second-order valence-electron chi connectivity index (χ2n) is 8.45. The predicted molar refractivity (Wildman–Crippen MR) is 117 cm³/mol. The van der Waals surface area contributed by atoms with Gasteiger partial charge in [-0.2, -0.15) is 0 Å². The predicted octanol–water partition coefficient (Wildman–Crippen LogP) is 4.48. The first-order valence-electron chi connectivity index (χ1n) is 10.9. The van der Waals surface area contributed by atoms with Crippen molar-refractivity contribution >= 4 is 22.7 Å². The van der Waals surface area contributed by atoms with Crippen molar-refractivity contribution in [3.05, 3.63) is 71.4 Å². The highest BCUT2D eigenvalue weighted by atomic mass is 16.2. The van der Waals surface area contributed by atoms with Crippen LogP contribution in [0.3, 0.4) is 0 Å². The maximum Gasteiger partial charge on any atom is 0.254 e. The smallest absolute Gasteiger partial charge is 0.254 e. The van der Waals surface area contributed by atoms with E-state index in [0.717, 1.165) is 48.0 Å². The van der Waals surface area contributed by atoms with Gasteiger partial charge in [-0.1, -0.05) is 49.2 Å². The lowest BCUT2D eigenvalue weighted by Crippen LogP contribution is -2.47. The Balaban J connectivity index is 1.66. The number of amides is 2. The molecule has 3 heterocycles. The van der Waals surface area contributed by atoms with Crippen molar-refractivity contribution in [1.82, 2.24) is 14.8 Å². The molecule has 5 rings (SSSR count). The van der Waals surface area contributed by atoms with Crippen molar-refractivity contribution in [3.8, 4) is 0 Å². The minimum Gasteiger partial charge on any atom is -0.361 e. The zero-order valence-corrected chi connectivity index (χ0v) is 17.3. The van der Waals surface area contributed by atoms with E-state index in [4.69, 9.17) is 0 Å². The summed E-state index contributed by atoms with van der Waals surface area (Å²) in [5.41, 5.74) is 3.52. The molecule has 5 nitrogen and oxygen atoms in total. The summed E-state index contributed by atoms with van der Waals surface area (Å²) in [5, 5.41) is 1.06. The van der Waals surface area contributed by atoms with Crippen LogP contribution in [0.4, 0.5) is 0 Å². The number of nitrogens with one attached hydrogen (secondary N) is 1. The Morgan fingerprint density at radius 2 is 1.63 bits per heavy atom. The Bertz CT molecular complexity index is 1090. The molecule has 1 aromatic heterocycles. The summed E-state index contributed by atoms with van der Waals surface area (Å²) in [7, 11) is 1.83. The monoisotopic (exact) mass is 401 g/mol. The van der Waals surface area contributed by atoms with E-state index in [1.54, 1.807) is 4.90 Å². The van der Waals surface area contributed by atoms with Crippen molar-refractivity contribution in [2.75, 3.05) is 20.1 Å². The molecule has 2 aromatic carbocycles. The second kappa shape index (κ2) is 7.63. The molecule has 0 unspecified atom stereocenters. The minimum atomic E-state index is -0.402. The van der Waals surface area contributed by atoms with Crippen LogP contribution in [0.25, 0.3) is 10.9 Å². The number of para-hydroxylation sites is 1. The second-order valence-corrected chi connectivity index (χ2v) is 8.45. The average Bonchev–Trinajstić information content (AvgIpc) is 3.00. The first kappa shape index (κ1) is 18.9. The third-order valence-corrected chi connectivity index (χ3v) is 6.70. The van der Waals surface area contributed by atoms with E-state index in [-0.39, 0.29) is 17.9 Å². The quantitative estimate of drug-likeness (QED) is 0.688. The van der Waals surface area contributed by atoms with Crippen LogP contribution in [-0.2, 0) is 4.79 Å². The molecule has 0 spiro atoms. The van der Waals surface area contributed by atoms with Crippen LogP contribution >= 0.6 is 0 Å². The molecule has 0 saturated carbocycles. The fourth-order valence-electron chi connectivity index (χ4n) is 5.16. The molecule has 154 valence electrons. The Morgan fingerprint density at radius 1 is 0.933 bits per heavy atom. The van der Waals surface area contributed by atoms with Gasteiger partial charge in [0.1, 0.15) is 0 Å². The molecule has 30 heavy (non-hydrogen) atoms. The molecule has 0 radical (unpaired) electrons. The Morgan fingerprint density at radius 3 is 2.43 bits per heavy atom. The van der Waals surface area contributed by atoms with Gasteiger partial charge in [0, 0.05) is 48.4 Å². The molecule has 0 bridgehead atoms. The number of likely N-dealkylation sites (tertiary alicyclic amines) is 1. The highest BCUT2D eigenvalue weighted by Crippen LogP contribution is 2.45. The molecule has 1 N–H and O–H groups in total. The van der Waals surface area contributed by atoms with E-state index in [9.17, 15) is 9.59 Å². The van der Waals surface area contributed by atoms with Crippen molar-refractivity contribution in [3.63, 3.8) is 0 Å². The van der Waals surface area contributed by atoms with Crippen molar-refractivity contribution in [1.29, 1.82) is 0 Å². The van der Waals surface area contributed by atoms with Crippen molar-refractivity contribution < 1.29 is 9.59 Å². The van der Waals surface area contributed by atoms with Crippen LogP contribution in [0.15, 0.2) is 54.7 Å². The van der Waals surface area contributed by atoms with E-state index in [1.807, 2.05) is 60.6 Å². The minimum absolute atomic E-state index is 0.0270. The zero-order chi connectivity index (χ0) is 20.7. The Hall–Kier alpha value is -3.08. The number of fused-ring (bicyclic) bond motifs is 2. The molecule has 0 aliphatic carbocycles. The number of likely N-dealkylation sites (N-methyl/N-ethyl adjacent to an activating group) is 1. The van der Waals surface area contributed by atoms with E-state index in [0.29, 0.717) is 5.56 Å². The lowest BCUT2D eigenvalue weighted by atomic mass is 9.79. The number of H-pyrrole nitrogens is 1. The van der Waals surface area contributed by atoms with Crippen LogP contribution in [0.1, 0.15) is 59.1 Å². The standard InChI is InChI=1S/C25H27N3O2/c1-27-23(20-16-26-21-13-7-6-10-17(20)21)22(18-11-4-5-12-19(18)24(27)29)25(30)28-14-8-2-3-9-15-28/h4-7,10-13,16,22-23,26H,2-3,8-9,14-15H2,1H3/t22-,23+/m0/s1. The fraction of sp³-hybridized carbons (Fsp3) is 0.360. The summed E-state index contributed by atoms with van der Waals surface area (Å²) >= 11 is 0. The third-order valence-electron chi connectivity index (χ3n) is 6.70. The summed E-state index contributed by atoms with van der Waals surface area (Å²) in [6.07, 6.45) is 6.42. The molecular formula is C25H27N3O2. The van der Waals surface area contributed by atoms with Crippen LogP contribution < -0.4 is 0 Å². The molecule has 1 saturated heterocycles. The van der Waals surface area contributed by atoms with Crippen LogP contribution in [-0.4, -0.2) is 46.7 Å². The lowest BCUT2D eigenvalue weighted by molar-refractivity contribution is -0.134. The summed E-state index contributed by atoms with van der Waals surface area (Å²) < 4.78 is 0. The highest BCUT2D eigenvalue weighted by molar-refractivity contribution is 6.02. The Kier molecular flexibility index (Phi) is 4.81. The first-order valence-corrected chi connectivity index (χ1v) is 10.9.